The van der Waals surface area contributed by atoms with Crippen LogP contribution in [-0.4, -0.2) is 31.5 Å². The standard InChI is InChI=1S/C23H28N4O3S2/c1-15-9-10-17(22-16(2)25-23(31-22)26-18-7-5-4-6-8-18)13-20(15)32(28,29)27-19-11-12-21(30-3)24-14-19/h9-14,18,27H,4-8H2,1-3H3,(H,25,26). The van der Waals surface area contributed by atoms with E-state index in [1.807, 2.05) is 19.1 Å². The third-order valence-corrected chi connectivity index (χ3v) is 8.33. The van der Waals surface area contributed by atoms with Gasteiger partial charge in [-0.05, 0) is 49.9 Å². The van der Waals surface area contributed by atoms with Gasteiger partial charge in [-0.3, -0.25) is 4.72 Å². The van der Waals surface area contributed by atoms with Crippen LogP contribution in [0.15, 0.2) is 41.4 Å². The molecule has 0 radical (unpaired) electrons. The number of benzene rings is 1. The van der Waals surface area contributed by atoms with Crippen molar-refractivity contribution >= 4 is 32.2 Å². The number of nitrogens with zero attached hydrogens (tertiary/aromatic N) is 2. The van der Waals surface area contributed by atoms with Crippen LogP contribution in [0.25, 0.3) is 10.4 Å². The number of nitrogens with one attached hydrogen (secondary N) is 2. The summed E-state index contributed by atoms with van der Waals surface area (Å²) in [6.07, 6.45) is 7.60. The Balaban J connectivity index is 1.59. The predicted molar refractivity (Wildman–Crippen MR) is 129 cm³/mol. The number of hydrogen-bond donors (Lipinski definition) is 2. The van der Waals surface area contributed by atoms with Gasteiger partial charge in [0, 0.05) is 12.1 Å². The third-order valence-electron chi connectivity index (χ3n) is 5.67. The number of sulfonamides is 1. The van der Waals surface area contributed by atoms with Crippen molar-refractivity contribution in [2.45, 2.75) is 56.9 Å². The lowest BCUT2D eigenvalue weighted by molar-refractivity contribution is 0.398. The lowest BCUT2D eigenvalue weighted by atomic mass is 9.96. The van der Waals surface area contributed by atoms with E-state index in [2.05, 4.69) is 15.0 Å². The maximum absolute atomic E-state index is 13.1. The number of methoxy groups -OCH3 is 1. The molecular weight excluding hydrogens is 444 g/mol. The van der Waals surface area contributed by atoms with Gasteiger partial charge >= 0.3 is 0 Å². The van der Waals surface area contributed by atoms with Gasteiger partial charge in [-0.25, -0.2) is 18.4 Å². The minimum atomic E-state index is -3.79. The van der Waals surface area contributed by atoms with E-state index in [1.165, 1.54) is 45.4 Å². The van der Waals surface area contributed by atoms with Crippen LogP contribution in [0.4, 0.5) is 10.8 Å². The monoisotopic (exact) mass is 472 g/mol. The molecule has 0 bridgehead atoms. The molecule has 2 heterocycles. The van der Waals surface area contributed by atoms with Crippen LogP contribution in [0.2, 0.25) is 0 Å². The summed E-state index contributed by atoms with van der Waals surface area (Å²) < 4.78 is 33.9. The van der Waals surface area contributed by atoms with Gasteiger partial charge < -0.3 is 10.1 Å². The van der Waals surface area contributed by atoms with Gasteiger partial charge in [-0.2, -0.15) is 0 Å². The largest absolute Gasteiger partial charge is 0.481 e. The molecule has 4 rings (SSSR count). The smallest absolute Gasteiger partial charge is 0.262 e. The van der Waals surface area contributed by atoms with Crippen LogP contribution in [0.1, 0.15) is 43.4 Å². The highest BCUT2D eigenvalue weighted by Gasteiger charge is 2.21. The zero-order valence-corrected chi connectivity index (χ0v) is 20.1. The third kappa shape index (κ3) is 5.05. The lowest BCUT2D eigenvalue weighted by Gasteiger charge is -2.22. The Kier molecular flexibility index (Phi) is 6.66. The fourth-order valence-corrected chi connectivity index (χ4v) is 6.30. The van der Waals surface area contributed by atoms with Crippen LogP contribution >= 0.6 is 11.3 Å². The summed E-state index contributed by atoms with van der Waals surface area (Å²) in [4.78, 5) is 9.98. The van der Waals surface area contributed by atoms with E-state index in [-0.39, 0.29) is 4.90 Å². The molecule has 0 spiro atoms. The van der Waals surface area contributed by atoms with E-state index >= 15 is 0 Å². The van der Waals surface area contributed by atoms with Crippen molar-refractivity contribution in [2.24, 2.45) is 0 Å². The van der Waals surface area contributed by atoms with Gasteiger partial charge in [0.05, 0.1) is 34.5 Å². The maximum atomic E-state index is 13.1. The van der Waals surface area contributed by atoms with Crippen molar-refractivity contribution in [3.63, 3.8) is 0 Å². The van der Waals surface area contributed by atoms with Gasteiger partial charge in [0.1, 0.15) is 0 Å². The second-order valence-electron chi connectivity index (χ2n) is 8.09. The number of aromatic nitrogens is 2. The zero-order valence-electron chi connectivity index (χ0n) is 18.5. The summed E-state index contributed by atoms with van der Waals surface area (Å²) in [5.74, 6) is 0.421. The molecule has 32 heavy (non-hydrogen) atoms. The van der Waals surface area contributed by atoms with E-state index in [1.54, 1.807) is 36.5 Å². The predicted octanol–water partition coefficient (Wildman–Crippen LogP) is 5.38. The van der Waals surface area contributed by atoms with Crippen LogP contribution in [0.3, 0.4) is 0 Å². The van der Waals surface area contributed by atoms with Crippen molar-refractivity contribution in [2.75, 3.05) is 17.1 Å². The molecule has 170 valence electrons. The van der Waals surface area contributed by atoms with E-state index < -0.39 is 10.0 Å². The summed E-state index contributed by atoms with van der Waals surface area (Å²) in [7, 11) is -2.27. The molecule has 3 aromatic rings. The Morgan fingerprint density at radius 2 is 1.88 bits per heavy atom. The summed E-state index contributed by atoms with van der Waals surface area (Å²) in [6, 6.07) is 9.22. The molecule has 1 saturated carbocycles. The van der Waals surface area contributed by atoms with Gasteiger partial charge in [-0.1, -0.05) is 42.7 Å². The first-order valence-corrected chi connectivity index (χ1v) is 13.0. The molecule has 1 fully saturated rings. The summed E-state index contributed by atoms with van der Waals surface area (Å²) in [5.41, 5.74) is 2.79. The summed E-state index contributed by atoms with van der Waals surface area (Å²) in [5, 5.41) is 4.47. The summed E-state index contributed by atoms with van der Waals surface area (Å²) in [6.45, 7) is 3.76. The van der Waals surface area contributed by atoms with E-state index in [0.717, 1.165) is 21.3 Å². The van der Waals surface area contributed by atoms with E-state index in [9.17, 15) is 8.42 Å². The summed E-state index contributed by atoms with van der Waals surface area (Å²) >= 11 is 1.58. The zero-order chi connectivity index (χ0) is 22.7. The Labute approximate surface area is 193 Å². The molecule has 0 aliphatic heterocycles. The number of ether oxygens (including phenoxy) is 1. The van der Waals surface area contributed by atoms with Gasteiger partial charge in [0.25, 0.3) is 10.0 Å². The average molecular weight is 473 g/mol. The first kappa shape index (κ1) is 22.5. The Morgan fingerprint density at radius 3 is 2.56 bits per heavy atom. The molecule has 0 amide bonds. The molecule has 2 N–H and O–H groups in total. The van der Waals surface area contributed by atoms with Crippen LogP contribution in [0, 0.1) is 13.8 Å². The quantitative estimate of drug-likeness (QED) is 0.480. The topological polar surface area (TPSA) is 93.2 Å². The number of pyridine rings is 1. The van der Waals surface area contributed by atoms with Crippen molar-refractivity contribution in [1.29, 1.82) is 0 Å². The number of rotatable bonds is 7. The molecule has 2 aromatic heterocycles. The first-order chi connectivity index (χ1) is 15.4. The number of thiazole rings is 1. The normalized spacial score (nSPS) is 14.8. The first-order valence-electron chi connectivity index (χ1n) is 10.7. The SMILES string of the molecule is COc1ccc(NS(=O)(=O)c2cc(-c3sc(NC4CCCCC4)nc3C)ccc2C)cn1. The van der Waals surface area contributed by atoms with Crippen molar-refractivity contribution in [3.05, 3.63) is 47.8 Å². The van der Waals surface area contributed by atoms with Gasteiger partial charge in [0.2, 0.25) is 5.88 Å². The molecule has 1 aliphatic carbocycles. The molecule has 9 heteroatoms. The van der Waals surface area contributed by atoms with Crippen LogP contribution in [-0.2, 0) is 10.0 Å². The average Bonchev–Trinajstić information content (AvgIpc) is 3.14. The minimum absolute atomic E-state index is 0.236. The fourth-order valence-electron chi connectivity index (χ4n) is 3.95. The molecule has 0 atom stereocenters. The lowest BCUT2D eigenvalue weighted by Crippen LogP contribution is -2.21. The molecule has 0 saturated heterocycles. The van der Waals surface area contributed by atoms with Crippen LogP contribution in [0.5, 0.6) is 5.88 Å². The van der Waals surface area contributed by atoms with E-state index in [4.69, 9.17) is 9.72 Å². The number of anilines is 2. The molecular formula is C23H28N4O3S2. The van der Waals surface area contributed by atoms with E-state index in [0.29, 0.717) is 23.2 Å². The van der Waals surface area contributed by atoms with Gasteiger partial charge in [-0.15, -0.1) is 0 Å². The highest BCUT2D eigenvalue weighted by molar-refractivity contribution is 7.92. The number of hydrogen-bond acceptors (Lipinski definition) is 7. The maximum Gasteiger partial charge on any atom is 0.262 e. The minimum Gasteiger partial charge on any atom is -0.481 e. The highest BCUT2D eigenvalue weighted by atomic mass is 32.2. The Morgan fingerprint density at radius 1 is 1.09 bits per heavy atom. The molecule has 7 nitrogen and oxygen atoms in total. The molecule has 1 aliphatic rings. The fraction of sp³-hybridized carbons (Fsp3) is 0.391. The van der Waals surface area contributed by atoms with Crippen molar-refractivity contribution < 1.29 is 13.2 Å². The molecule has 0 unspecified atom stereocenters. The van der Waals surface area contributed by atoms with Crippen molar-refractivity contribution in [1.82, 2.24) is 9.97 Å². The Bertz CT molecular complexity index is 1180. The second-order valence-corrected chi connectivity index (χ2v) is 10.7. The number of aryl methyl sites for hydroxylation is 2. The highest BCUT2D eigenvalue weighted by Crippen LogP contribution is 2.36. The Hall–Kier alpha value is -2.65. The van der Waals surface area contributed by atoms with Crippen molar-refractivity contribution in [3.8, 4) is 16.3 Å². The van der Waals surface area contributed by atoms with Crippen LogP contribution < -0.4 is 14.8 Å². The second kappa shape index (κ2) is 9.46. The molecule has 1 aromatic carbocycles. The van der Waals surface area contributed by atoms with Gasteiger partial charge in [0.15, 0.2) is 5.13 Å².